The monoisotopic (exact) mass is 207 g/mol. The molecular weight excluding hydrogens is 186 g/mol. The van der Waals surface area contributed by atoms with E-state index >= 15 is 0 Å². The van der Waals surface area contributed by atoms with Crippen molar-refractivity contribution in [2.24, 2.45) is 11.7 Å². The van der Waals surface area contributed by atoms with Gasteiger partial charge in [-0.2, -0.15) is 0 Å². The minimum absolute atomic E-state index is 0.107. The Morgan fingerprint density at radius 1 is 1.13 bits per heavy atom. The van der Waals surface area contributed by atoms with Gasteiger partial charge in [-0.05, 0) is 48.6 Å². The fraction of sp³-hybridized carbons (Fsp3) is 0.538. The van der Waals surface area contributed by atoms with Gasteiger partial charge in [0.15, 0.2) is 0 Å². The summed E-state index contributed by atoms with van der Waals surface area (Å²) in [5.74, 6) is 1.36. The van der Waals surface area contributed by atoms with Crippen molar-refractivity contribution in [1.82, 2.24) is 0 Å². The summed E-state index contributed by atoms with van der Waals surface area (Å²) < 4.78 is 5.23. The molecule has 1 aromatic rings. The molecule has 2 nitrogen and oxygen atoms in total. The molecule has 1 rings (SSSR count). The van der Waals surface area contributed by atoms with Crippen LogP contribution in [0.1, 0.15) is 36.6 Å². The van der Waals surface area contributed by atoms with Crippen molar-refractivity contribution < 1.29 is 4.74 Å². The Kier molecular flexibility index (Phi) is 3.75. The number of hydrogen-bond donors (Lipinski definition) is 1. The standard InChI is InChI=1S/C13H21NO/c1-8(2)13(14)12-9(3)6-11(15-5)7-10(12)4/h6-8,13H,14H2,1-5H3. The lowest BCUT2D eigenvalue weighted by molar-refractivity contribution is 0.413. The second kappa shape index (κ2) is 4.67. The fourth-order valence-electron chi connectivity index (χ4n) is 1.91. The molecule has 0 aliphatic heterocycles. The Bertz CT molecular complexity index is 321. The summed E-state index contributed by atoms with van der Waals surface area (Å²) in [7, 11) is 1.69. The molecule has 15 heavy (non-hydrogen) atoms. The predicted molar refractivity (Wildman–Crippen MR) is 64.2 cm³/mol. The first-order valence-corrected chi connectivity index (χ1v) is 5.38. The zero-order valence-corrected chi connectivity index (χ0v) is 10.3. The molecule has 0 radical (unpaired) electrons. The molecular formula is C13H21NO. The van der Waals surface area contributed by atoms with Crippen LogP contribution in [0.4, 0.5) is 0 Å². The van der Waals surface area contributed by atoms with E-state index in [2.05, 4.69) is 27.7 Å². The highest BCUT2D eigenvalue weighted by molar-refractivity contribution is 5.42. The summed E-state index contributed by atoms with van der Waals surface area (Å²) in [6.07, 6.45) is 0. The van der Waals surface area contributed by atoms with E-state index in [1.165, 1.54) is 16.7 Å². The van der Waals surface area contributed by atoms with Gasteiger partial charge in [-0.1, -0.05) is 13.8 Å². The molecule has 84 valence electrons. The zero-order chi connectivity index (χ0) is 11.6. The van der Waals surface area contributed by atoms with E-state index < -0.39 is 0 Å². The number of benzene rings is 1. The minimum atomic E-state index is 0.107. The van der Waals surface area contributed by atoms with Crippen LogP contribution < -0.4 is 10.5 Å². The third kappa shape index (κ3) is 2.51. The van der Waals surface area contributed by atoms with Gasteiger partial charge in [0.2, 0.25) is 0 Å². The van der Waals surface area contributed by atoms with Crippen LogP contribution in [0.5, 0.6) is 5.75 Å². The Hall–Kier alpha value is -1.02. The molecule has 0 amide bonds. The molecule has 1 atom stereocenters. The maximum Gasteiger partial charge on any atom is 0.119 e. The molecule has 0 spiro atoms. The van der Waals surface area contributed by atoms with Crippen LogP contribution in [0.25, 0.3) is 0 Å². The maximum absolute atomic E-state index is 6.19. The van der Waals surface area contributed by atoms with Crippen molar-refractivity contribution in [2.45, 2.75) is 33.7 Å². The first kappa shape index (κ1) is 12.1. The van der Waals surface area contributed by atoms with Gasteiger partial charge >= 0.3 is 0 Å². The van der Waals surface area contributed by atoms with Crippen molar-refractivity contribution in [3.63, 3.8) is 0 Å². The molecule has 0 heterocycles. The first-order valence-electron chi connectivity index (χ1n) is 5.38. The van der Waals surface area contributed by atoms with Crippen molar-refractivity contribution in [1.29, 1.82) is 0 Å². The SMILES string of the molecule is COc1cc(C)c(C(N)C(C)C)c(C)c1. The average molecular weight is 207 g/mol. The van der Waals surface area contributed by atoms with E-state index in [1.54, 1.807) is 7.11 Å². The minimum Gasteiger partial charge on any atom is -0.497 e. The fourth-order valence-corrected chi connectivity index (χ4v) is 1.91. The van der Waals surface area contributed by atoms with Gasteiger partial charge in [-0.3, -0.25) is 0 Å². The van der Waals surface area contributed by atoms with Crippen molar-refractivity contribution in [3.05, 3.63) is 28.8 Å². The van der Waals surface area contributed by atoms with E-state index in [9.17, 15) is 0 Å². The molecule has 0 saturated heterocycles. The molecule has 0 aliphatic carbocycles. The summed E-state index contributed by atoms with van der Waals surface area (Å²) in [5, 5.41) is 0. The van der Waals surface area contributed by atoms with E-state index in [1.807, 2.05) is 12.1 Å². The van der Waals surface area contributed by atoms with Crippen LogP contribution in [-0.4, -0.2) is 7.11 Å². The lowest BCUT2D eigenvalue weighted by atomic mass is 9.90. The van der Waals surface area contributed by atoms with Crippen LogP contribution >= 0.6 is 0 Å². The summed E-state index contributed by atoms with van der Waals surface area (Å²) in [5.41, 5.74) is 9.88. The summed E-state index contributed by atoms with van der Waals surface area (Å²) in [4.78, 5) is 0. The van der Waals surface area contributed by atoms with Crippen molar-refractivity contribution in [2.75, 3.05) is 7.11 Å². The molecule has 0 bridgehead atoms. The average Bonchev–Trinajstić information content (AvgIpc) is 2.16. The molecule has 2 N–H and O–H groups in total. The first-order chi connectivity index (χ1) is 6.97. The smallest absolute Gasteiger partial charge is 0.119 e. The molecule has 0 aromatic heterocycles. The van der Waals surface area contributed by atoms with Gasteiger partial charge in [-0.15, -0.1) is 0 Å². The molecule has 0 aliphatic rings. The lowest BCUT2D eigenvalue weighted by Gasteiger charge is -2.21. The number of nitrogens with two attached hydrogens (primary N) is 1. The second-order valence-corrected chi connectivity index (χ2v) is 4.44. The highest BCUT2D eigenvalue weighted by atomic mass is 16.5. The Labute approximate surface area is 92.4 Å². The lowest BCUT2D eigenvalue weighted by Crippen LogP contribution is -2.19. The van der Waals surface area contributed by atoms with Crippen molar-refractivity contribution >= 4 is 0 Å². The predicted octanol–water partition coefficient (Wildman–Crippen LogP) is 2.97. The molecule has 1 unspecified atom stereocenters. The number of aryl methyl sites for hydroxylation is 2. The Morgan fingerprint density at radius 2 is 1.60 bits per heavy atom. The molecule has 0 saturated carbocycles. The second-order valence-electron chi connectivity index (χ2n) is 4.44. The summed E-state index contributed by atoms with van der Waals surface area (Å²) in [6, 6.07) is 4.20. The van der Waals surface area contributed by atoms with Crippen LogP contribution in [0.3, 0.4) is 0 Å². The Balaban J connectivity index is 3.19. The van der Waals surface area contributed by atoms with E-state index in [0.29, 0.717) is 5.92 Å². The van der Waals surface area contributed by atoms with Gasteiger partial charge in [0.25, 0.3) is 0 Å². The van der Waals surface area contributed by atoms with Gasteiger partial charge in [0, 0.05) is 6.04 Å². The summed E-state index contributed by atoms with van der Waals surface area (Å²) >= 11 is 0. The molecule has 1 aromatic carbocycles. The highest BCUT2D eigenvalue weighted by Gasteiger charge is 2.16. The highest BCUT2D eigenvalue weighted by Crippen LogP contribution is 2.29. The van der Waals surface area contributed by atoms with Crippen LogP contribution in [-0.2, 0) is 0 Å². The van der Waals surface area contributed by atoms with Crippen molar-refractivity contribution in [3.8, 4) is 5.75 Å². The number of ether oxygens (including phenoxy) is 1. The topological polar surface area (TPSA) is 35.2 Å². The van der Waals surface area contributed by atoms with Gasteiger partial charge in [0.1, 0.15) is 5.75 Å². The number of rotatable bonds is 3. The van der Waals surface area contributed by atoms with E-state index in [4.69, 9.17) is 10.5 Å². The quantitative estimate of drug-likeness (QED) is 0.827. The third-order valence-electron chi connectivity index (χ3n) is 2.85. The summed E-state index contributed by atoms with van der Waals surface area (Å²) in [6.45, 7) is 8.47. The molecule has 0 fully saturated rings. The van der Waals surface area contributed by atoms with Gasteiger partial charge in [-0.25, -0.2) is 0 Å². The van der Waals surface area contributed by atoms with E-state index in [-0.39, 0.29) is 6.04 Å². The van der Waals surface area contributed by atoms with Crippen LogP contribution in [0.2, 0.25) is 0 Å². The third-order valence-corrected chi connectivity index (χ3v) is 2.85. The van der Waals surface area contributed by atoms with Crippen LogP contribution in [0.15, 0.2) is 12.1 Å². The number of methoxy groups -OCH3 is 1. The van der Waals surface area contributed by atoms with Gasteiger partial charge in [0.05, 0.1) is 7.11 Å². The molecule has 2 heteroatoms. The largest absolute Gasteiger partial charge is 0.497 e. The number of hydrogen-bond acceptors (Lipinski definition) is 2. The van der Waals surface area contributed by atoms with Gasteiger partial charge < -0.3 is 10.5 Å². The van der Waals surface area contributed by atoms with Crippen LogP contribution in [0, 0.1) is 19.8 Å². The zero-order valence-electron chi connectivity index (χ0n) is 10.3. The van der Waals surface area contributed by atoms with E-state index in [0.717, 1.165) is 5.75 Å². The maximum atomic E-state index is 6.19. The Morgan fingerprint density at radius 3 is 1.93 bits per heavy atom. The normalized spacial score (nSPS) is 13.0.